The molecule has 108 valence electrons. The lowest BCUT2D eigenvalue weighted by Crippen LogP contribution is -2.35. The number of amides is 2. The Morgan fingerprint density at radius 1 is 1.05 bits per heavy atom. The summed E-state index contributed by atoms with van der Waals surface area (Å²) in [5.74, 6) is -0.0610. The van der Waals surface area contributed by atoms with Crippen molar-refractivity contribution in [3.05, 3.63) is 60.2 Å². The molecular formula is C16H16N2O3. The summed E-state index contributed by atoms with van der Waals surface area (Å²) in [5, 5.41) is 5.05. The van der Waals surface area contributed by atoms with E-state index in [2.05, 4.69) is 10.6 Å². The van der Waals surface area contributed by atoms with Gasteiger partial charge < -0.3 is 15.4 Å². The van der Waals surface area contributed by atoms with Crippen LogP contribution in [0.25, 0.3) is 0 Å². The smallest absolute Gasteiger partial charge is 0.330 e. The van der Waals surface area contributed by atoms with Crippen molar-refractivity contribution >= 4 is 17.7 Å². The zero-order valence-corrected chi connectivity index (χ0v) is 11.6. The first-order valence-corrected chi connectivity index (χ1v) is 6.51. The molecule has 0 radical (unpaired) electrons. The Labute approximate surface area is 122 Å². The topological polar surface area (TPSA) is 67.4 Å². The number of hydrogen-bond donors (Lipinski definition) is 2. The van der Waals surface area contributed by atoms with Crippen LogP contribution in [-0.2, 0) is 4.79 Å². The normalized spacial score (nSPS) is 9.76. The standard InChI is InChI=1S/C16H16N2O3/c1-12-6-5-9-14(10-12)21-15(19)11-17-16(20)18-13-7-3-2-4-8-13/h2-10H,11H2,1H3,(H2,17,18,20). The van der Waals surface area contributed by atoms with Gasteiger partial charge in [-0.05, 0) is 36.8 Å². The first-order chi connectivity index (χ1) is 10.1. The third-order valence-corrected chi connectivity index (χ3v) is 2.65. The predicted molar refractivity (Wildman–Crippen MR) is 80.3 cm³/mol. The van der Waals surface area contributed by atoms with E-state index in [-0.39, 0.29) is 6.54 Å². The van der Waals surface area contributed by atoms with E-state index in [4.69, 9.17) is 4.74 Å². The minimum atomic E-state index is -0.524. The molecule has 0 atom stereocenters. The Bertz CT molecular complexity index is 626. The SMILES string of the molecule is Cc1cccc(OC(=O)CNC(=O)Nc2ccccc2)c1. The van der Waals surface area contributed by atoms with Gasteiger partial charge in [-0.15, -0.1) is 0 Å². The maximum Gasteiger partial charge on any atom is 0.330 e. The van der Waals surface area contributed by atoms with Crippen LogP contribution in [0, 0.1) is 6.92 Å². The summed E-state index contributed by atoms with van der Waals surface area (Å²) < 4.78 is 5.11. The van der Waals surface area contributed by atoms with Crippen LogP contribution in [-0.4, -0.2) is 18.5 Å². The quantitative estimate of drug-likeness (QED) is 0.670. The predicted octanol–water partition coefficient (Wildman–Crippen LogP) is 2.72. The highest BCUT2D eigenvalue weighted by atomic mass is 16.5. The van der Waals surface area contributed by atoms with Crippen molar-refractivity contribution in [3.63, 3.8) is 0 Å². The number of anilines is 1. The van der Waals surface area contributed by atoms with Crippen molar-refractivity contribution in [3.8, 4) is 5.75 Å². The number of para-hydroxylation sites is 1. The van der Waals surface area contributed by atoms with Gasteiger partial charge in [0, 0.05) is 5.69 Å². The van der Waals surface area contributed by atoms with Gasteiger partial charge in [0.2, 0.25) is 0 Å². The summed E-state index contributed by atoms with van der Waals surface area (Å²) in [6, 6.07) is 15.7. The third-order valence-electron chi connectivity index (χ3n) is 2.65. The zero-order valence-electron chi connectivity index (χ0n) is 11.6. The molecule has 0 fully saturated rings. The molecule has 2 N–H and O–H groups in total. The first kappa shape index (κ1) is 14.6. The van der Waals surface area contributed by atoms with Gasteiger partial charge >= 0.3 is 12.0 Å². The highest BCUT2D eigenvalue weighted by Crippen LogP contribution is 2.12. The number of benzene rings is 2. The van der Waals surface area contributed by atoms with Crippen molar-refractivity contribution in [2.24, 2.45) is 0 Å². The fraction of sp³-hybridized carbons (Fsp3) is 0.125. The van der Waals surface area contributed by atoms with E-state index in [1.807, 2.05) is 31.2 Å². The lowest BCUT2D eigenvalue weighted by Gasteiger charge is -2.08. The van der Waals surface area contributed by atoms with Crippen LogP contribution in [0.2, 0.25) is 0 Å². The monoisotopic (exact) mass is 284 g/mol. The fourth-order valence-electron chi connectivity index (χ4n) is 1.70. The molecule has 2 amide bonds. The molecule has 21 heavy (non-hydrogen) atoms. The van der Waals surface area contributed by atoms with Gasteiger partial charge in [-0.1, -0.05) is 30.3 Å². The Morgan fingerprint density at radius 2 is 1.81 bits per heavy atom. The van der Waals surface area contributed by atoms with Gasteiger partial charge in [-0.25, -0.2) is 9.59 Å². The van der Waals surface area contributed by atoms with Crippen LogP contribution in [0.4, 0.5) is 10.5 Å². The van der Waals surface area contributed by atoms with E-state index in [0.29, 0.717) is 11.4 Å². The van der Waals surface area contributed by atoms with Crippen molar-refractivity contribution in [1.29, 1.82) is 0 Å². The number of urea groups is 1. The van der Waals surface area contributed by atoms with Crippen molar-refractivity contribution < 1.29 is 14.3 Å². The number of hydrogen-bond acceptors (Lipinski definition) is 3. The van der Waals surface area contributed by atoms with Gasteiger partial charge in [0.05, 0.1) is 0 Å². The second kappa shape index (κ2) is 7.09. The molecule has 2 rings (SSSR count). The van der Waals surface area contributed by atoms with Crippen molar-refractivity contribution in [1.82, 2.24) is 5.32 Å². The minimum absolute atomic E-state index is 0.202. The molecule has 0 saturated carbocycles. The largest absolute Gasteiger partial charge is 0.425 e. The number of ether oxygens (including phenoxy) is 1. The van der Waals surface area contributed by atoms with Gasteiger partial charge in [0.25, 0.3) is 0 Å². The van der Waals surface area contributed by atoms with E-state index in [1.165, 1.54) is 0 Å². The highest BCUT2D eigenvalue weighted by Gasteiger charge is 2.07. The van der Waals surface area contributed by atoms with Crippen LogP contribution < -0.4 is 15.4 Å². The van der Waals surface area contributed by atoms with Crippen LogP contribution in [0.5, 0.6) is 5.75 Å². The molecule has 0 aliphatic heterocycles. The Kier molecular flexibility index (Phi) is 4.93. The minimum Gasteiger partial charge on any atom is -0.425 e. The van der Waals surface area contributed by atoms with Crippen LogP contribution in [0.1, 0.15) is 5.56 Å². The second-order valence-electron chi connectivity index (χ2n) is 4.46. The molecule has 0 aliphatic carbocycles. The lowest BCUT2D eigenvalue weighted by atomic mass is 10.2. The number of carbonyl (C=O) groups is 2. The molecule has 0 bridgehead atoms. The zero-order chi connectivity index (χ0) is 15.1. The van der Waals surface area contributed by atoms with E-state index < -0.39 is 12.0 Å². The van der Waals surface area contributed by atoms with Gasteiger partial charge in [0.1, 0.15) is 12.3 Å². The number of esters is 1. The fourth-order valence-corrected chi connectivity index (χ4v) is 1.70. The molecule has 0 aliphatic rings. The second-order valence-corrected chi connectivity index (χ2v) is 4.46. The molecule has 0 heterocycles. The molecule has 2 aromatic carbocycles. The number of aryl methyl sites for hydroxylation is 1. The van der Waals surface area contributed by atoms with Gasteiger partial charge in [-0.3, -0.25) is 0 Å². The Balaban J connectivity index is 1.77. The Hall–Kier alpha value is -2.82. The lowest BCUT2D eigenvalue weighted by molar-refractivity contribution is -0.133. The van der Waals surface area contributed by atoms with Gasteiger partial charge in [0.15, 0.2) is 0 Å². The summed E-state index contributed by atoms with van der Waals surface area (Å²) in [6.07, 6.45) is 0. The van der Waals surface area contributed by atoms with E-state index >= 15 is 0 Å². The number of rotatable bonds is 4. The van der Waals surface area contributed by atoms with Crippen molar-refractivity contribution in [2.75, 3.05) is 11.9 Å². The summed E-state index contributed by atoms with van der Waals surface area (Å²) in [7, 11) is 0. The first-order valence-electron chi connectivity index (χ1n) is 6.51. The van der Waals surface area contributed by atoms with Gasteiger partial charge in [-0.2, -0.15) is 0 Å². The molecule has 5 heteroatoms. The van der Waals surface area contributed by atoms with Crippen LogP contribution in [0.15, 0.2) is 54.6 Å². The average Bonchev–Trinajstić information content (AvgIpc) is 2.46. The van der Waals surface area contributed by atoms with Crippen LogP contribution >= 0.6 is 0 Å². The van der Waals surface area contributed by atoms with Crippen molar-refractivity contribution in [2.45, 2.75) is 6.92 Å². The maximum atomic E-state index is 11.6. The Morgan fingerprint density at radius 3 is 2.52 bits per heavy atom. The van der Waals surface area contributed by atoms with E-state index in [0.717, 1.165) is 5.56 Å². The molecule has 5 nitrogen and oxygen atoms in total. The highest BCUT2D eigenvalue weighted by molar-refractivity contribution is 5.91. The van der Waals surface area contributed by atoms with E-state index in [1.54, 1.807) is 30.3 Å². The molecular weight excluding hydrogens is 268 g/mol. The summed E-state index contributed by atoms with van der Waals surface area (Å²) in [5.41, 5.74) is 1.65. The average molecular weight is 284 g/mol. The molecule has 0 saturated heterocycles. The number of nitrogens with one attached hydrogen (secondary N) is 2. The van der Waals surface area contributed by atoms with Crippen LogP contribution in [0.3, 0.4) is 0 Å². The molecule has 0 aromatic heterocycles. The summed E-state index contributed by atoms with van der Waals surface area (Å²) in [6.45, 7) is 1.70. The third kappa shape index (κ3) is 4.99. The van der Waals surface area contributed by atoms with E-state index in [9.17, 15) is 9.59 Å². The maximum absolute atomic E-state index is 11.6. The molecule has 2 aromatic rings. The molecule has 0 spiro atoms. The molecule has 0 unspecified atom stereocenters. The summed E-state index contributed by atoms with van der Waals surface area (Å²) >= 11 is 0. The number of carbonyl (C=O) groups excluding carboxylic acids is 2. The summed E-state index contributed by atoms with van der Waals surface area (Å²) in [4.78, 5) is 23.2.